The number of imidazole rings is 1. The number of aromatic nitrogens is 2. The molecule has 0 aliphatic heterocycles. The van der Waals surface area contributed by atoms with Crippen LogP contribution in [0.25, 0.3) is 77.0 Å². The Labute approximate surface area is 257 Å². The number of para-hydroxylation sites is 2. The van der Waals surface area contributed by atoms with Crippen molar-refractivity contribution in [2.75, 3.05) is 0 Å². The Morgan fingerprint density at radius 2 is 1.14 bits per heavy atom. The number of aryl methyl sites for hydroxylation is 1. The number of nitrogens with zero attached hydrogens (tertiary/aromatic N) is 2. The minimum atomic E-state index is -0.153. The molecule has 0 bridgehead atoms. The van der Waals surface area contributed by atoms with Crippen LogP contribution in [0, 0.1) is 0 Å². The van der Waals surface area contributed by atoms with Crippen molar-refractivity contribution in [2.24, 2.45) is 0 Å². The zero-order valence-corrected chi connectivity index (χ0v) is 25.2. The molecule has 0 spiro atoms. The molecule has 1 aliphatic carbocycles. The van der Waals surface area contributed by atoms with Gasteiger partial charge in [-0.15, -0.1) is 0 Å². The van der Waals surface area contributed by atoms with E-state index < -0.39 is 0 Å². The molecular weight excluding hydrogens is 532 g/mol. The van der Waals surface area contributed by atoms with E-state index >= 15 is 0 Å². The third kappa shape index (κ3) is 3.34. The first-order chi connectivity index (χ1) is 21.6. The fourth-order valence-corrected chi connectivity index (χ4v) is 8.12. The van der Waals surface area contributed by atoms with E-state index in [1.165, 1.54) is 71.2 Å². The smallest absolute Gasteiger partial charge is 0.141 e. The van der Waals surface area contributed by atoms with Gasteiger partial charge in [0.05, 0.1) is 11.0 Å². The van der Waals surface area contributed by atoms with Crippen molar-refractivity contribution in [3.8, 4) is 33.6 Å². The highest BCUT2D eigenvalue weighted by atomic mass is 15.1. The van der Waals surface area contributed by atoms with Crippen LogP contribution in [0.2, 0.25) is 0 Å². The summed E-state index contributed by atoms with van der Waals surface area (Å²) in [6, 6.07) is 46.8. The Kier molecular flexibility index (Phi) is 5.26. The molecule has 2 nitrogen and oxygen atoms in total. The first-order valence-corrected chi connectivity index (χ1v) is 15.6. The summed E-state index contributed by atoms with van der Waals surface area (Å²) in [5.41, 5.74) is 11.3. The monoisotopic (exact) mass is 564 g/mol. The molecule has 0 saturated carbocycles. The predicted octanol–water partition coefficient (Wildman–Crippen LogP) is 11.2. The molecule has 1 heterocycles. The van der Waals surface area contributed by atoms with Crippen molar-refractivity contribution in [1.82, 2.24) is 9.55 Å². The van der Waals surface area contributed by atoms with Crippen LogP contribution in [0.1, 0.15) is 31.9 Å². The van der Waals surface area contributed by atoms with Gasteiger partial charge in [-0.2, -0.15) is 0 Å². The van der Waals surface area contributed by atoms with Crippen molar-refractivity contribution in [1.29, 1.82) is 0 Å². The molecule has 0 atom stereocenters. The lowest BCUT2D eigenvalue weighted by Crippen LogP contribution is -2.16. The van der Waals surface area contributed by atoms with E-state index in [9.17, 15) is 0 Å². The van der Waals surface area contributed by atoms with Gasteiger partial charge in [-0.05, 0) is 96.9 Å². The van der Waals surface area contributed by atoms with Gasteiger partial charge in [-0.25, -0.2) is 4.98 Å². The van der Waals surface area contributed by atoms with E-state index in [0.29, 0.717) is 0 Å². The molecule has 0 saturated heterocycles. The Morgan fingerprint density at radius 1 is 0.545 bits per heavy atom. The van der Waals surface area contributed by atoms with Gasteiger partial charge >= 0.3 is 0 Å². The maximum atomic E-state index is 5.08. The quantitative estimate of drug-likeness (QED) is 0.195. The third-order valence-electron chi connectivity index (χ3n) is 9.90. The van der Waals surface area contributed by atoms with Crippen LogP contribution in [0.5, 0.6) is 0 Å². The van der Waals surface area contributed by atoms with Gasteiger partial charge in [0.2, 0.25) is 0 Å². The minimum absolute atomic E-state index is 0.153. The SMILES string of the molecule is CCn1c(-c2cccc(-c3cc4c(c5ccccc35)C(C)(C)c3c-4c4ccccc4c4ccccc34)c2)nc2ccccc21. The largest absolute Gasteiger partial charge is 0.324 e. The summed E-state index contributed by atoms with van der Waals surface area (Å²) in [6.45, 7) is 7.90. The van der Waals surface area contributed by atoms with E-state index in [2.05, 4.69) is 153 Å². The third-order valence-corrected chi connectivity index (χ3v) is 9.90. The van der Waals surface area contributed by atoms with Gasteiger partial charge in [0.1, 0.15) is 5.82 Å². The summed E-state index contributed by atoms with van der Waals surface area (Å²) in [7, 11) is 0. The van der Waals surface area contributed by atoms with E-state index in [1.54, 1.807) is 0 Å². The summed E-state index contributed by atoms with van der Waals surface area (Å²) >= 11 is 0. The second kappa shape index (κ2) is 9.14. The summed E-state index contributed by atoms with van der Waals surface area (Å²) < 4.78 is 2.32. The van der Waals surface area contributed by atoms with Crippen LogP contribution in [0.3, 0.4) is 0 Å². The van der Waals surface area contributed by atoms with Gasteiger partial charge in [0, 0.05) is 17.5 Å². The second-order valence-electron chi connectivity index (χ2n) is 12.6. The highest BCUT2D eigenvalue weighted by Crippen LogP contribution is 2.57. The van der Waals surface area contributed by atoms with E-state index in [4.69, 9.17) is 4.98 Å². The highest BCUT2D eigenvalue weighted by molar-refractivity contribution is 6.20. The molecule has 0 unspecified atom stereocenters. The van der Waals surface area contributed by atoms with Crippen LogP contribution in [0.4, 0.5) is 0 Å². The van der Waals surface area contributed by atoms with Crippen molar-refractivity contribution >= 4 is 43.4 Å². The summed E-state index contributed by atoms with van der Waals surface area (Å²) in [5.74, 6) is 1.02. The Hall–Kier alpha value is -5.21. The molecule has 1 aromatic heterocycles. The summed E-state index contributed by atoms with van der Waals surface area (Å²) in [5, 5.41) is 7.97. The first-order valence-electron chi connectivity index (χ1n) is 15.6. The Morgan fingerprint density at radius 3 is 1.89 bits per heavy atom. The fraction of sp³-hybridized carbons (Fsp3) is 0.119. The molecule has 0 N–H and O–H groups in total. The van der Waals surface area contributed by atoms with Gasteiger partial charge in [0.25, 0.3) is 0 Å². The molecular formula is C42H32N2. The average molecular weight is 565 g/mol. The van der Waals surface area contributed by atoms with E-state index in [1.807, 2.05) is 0 Å². The van der Waals surface area contributed by atoms with Crippen molar-refractivity contribution < 1.29 is 0 Å². The van der Waals surface area contributed by atoms with Gasteiger partial charge in [0.15, 0.2) is 0 Å². The molecule has 210 valence electrons. The normalized spacial score (nSPS) is 13.6. The second-order valence-corrected chi connectivity index (χ2v) is 12.6. The van der Waals surface area contributed by atoms with Crippen LogP contribution in [-0.2, 0) is 12.0 Å². The zero-order chi connectivity index (χ0) is 29.6. The van der Waals surface area contributed by atoms with Gasteiger partial charge < -0.3 is 4.57 Å². The Bertz CT molecular complexity index is 2460. The Balaban J connectivity index is 1.36. The molecule has 0 fully saturated rings. The summed E-state index contributed by atoms with van der Waals surface area (Å²) in [6.07, 6.45) is 0. The predicted molar refractivity (Wildman–Crippen MR) is 186 cm³/mol. The van der Waals surface area contributed by atoms with Crippen LogP contribution in [0.15, 0.2) is 127 Å². The van der Waals surface area contributed by atoms with Crippen LogP contribution in [-0.4, -0.2) is 9.55 Å². The maximum absolute atomic E-state index is 5.08. The lowest BCUT2D eigenvalue weighted by molar-refractivity contribution is 0.672. The van der Waals surface area contributed by atoms with Gasteiger partial charge in [-0.1, -0.05) is 117 Å². The van der Waals surface area contributed by atoms with Crippen molar-refractivity contribution in [3.63, 3.8) is 0 Å². The standard InChI is InChI=1S/C42H32N2/c1-4-44-37-23-12-11-22-36(37)43-41(44)27-15-13-14-26(24-27)34-25-35-38-31-19-8-5-16-28(31)29-17-6-10-21-33(29)40(38)42(2,3)39(35)32-20-9-7-18-30(32)34/h5-25H,4H2,1-3H3. The fourth-order valence-electron chi connectivity index (χ4n) is 8.12. The summed E-state index contributed by atoms with van der Waals surface area (Å²) in [4.78, 5) is 5.08. The molecule has 9 rings (SSSR count). The molecule has 8 aromatic rings. The molecule has 1 aliphatic rings. The number of rotatable bonds is 3. The number of hydrogen-bond acceptors (Lipinski definition) is 1. The number of fused-ring (bicyclic) bond motifs is 11. The van der Waals surface area contributed by atoms with Crippen LogP contribution >= 0.6 is 0 Å². The lowest BCUT2D eigenvalue weighted by Gasteiger charge is -2.25. The topological polar surface area (TPSA) is 17.8 Å². The van der Waals surface area contributed by atoms with Crippen LogP contribution < -0.4 is 0 Å². The van der Waals surface area contributed by atoms with Crippen molar-refractivity contribution in [2.45, 2.75) is 32.7 Å². The zero-order valence-electron chi connectivity index (χ0n) is 25.2. The maximum Gasteiger partial charge on any atom is 0.141 e. The van der Waals surface area contributed by atoms with E-state index in [-0.39, 0.29) is 5.41 Å². The number of benzene rings is 7. The van der Waals surface area contributed by atoms with E-state index in [0.717, 1.165) is 23.4 Å². The van der Waals surface area contributed by atoms with Crippen molar-refractivity contribution in [3.05, 3.63) is 139 Å². The first kappa shape index (κ1) is 25.3. The highest BCUT2D eigenvalue weighted by Gasteiger charge is 2.40. The average Bonchev–Trinajstić information content (AvgIpc) is 3.57. The van der Waals surface area contributed by atoms with Gasteiger partial charge in [-0.3, -0.25) is 0 Å². The lowest BCUT2D eigenvalue weighted by atomic mass is 9.77. The molecule has 0 radical (unpaired) electrons. The molecule has 7 aromatic carbocycles. The molecule has 44 heavy (non-hydrogen) atoms. The molecule has 0 amide bonds. The molecule has 2 heteroatoms. The minimum Gasteiger partial charge on any atom is -0.324 e. The number of hydrogen-bond donors (Lipinski definition) is 0.